The second kappa shape index (κ2) is 13.0. The van der Waals surface area contributed by atoms with Gasteiger partial charge in [-0.15, -0.1) is 0 Å². The van der Waals surface area contributed by atoms with Crippen LogP contribution < -0.4 is 25.5 Å². The predicted molar refractivity (Wildman–Crippen MR) is 153 cm³/mol. The van der Waals surface area contributed by atoms with Crippen molar-refractivity contribution >= 4 is 5.78 Å². The van der Waals surface area contributed by atoms with E-state index in [9.17, 15) is 14.4 Å². The number of ether oxygens (including phenoxy) is 3. The van der Waals surface area contributed by atoms with Gasteiger partial charge in [0.05, 0.1) is 20.3 Å². The van der Waals surface area contributed by atoms with Crippen molar-refractivity contribution in [3.8, 4) is 17.2 Å². The lowest BCUT2D eigenvalue weighted by molar-refractivity contribution is -0.118. The quantitative estimate of drug-likeness (QED) is 0.321. The number of aromatic nitrogens is 2. The van der Waals surface area contributed by atoms with Crippen LogP contribution in [0.5, 0.6) is 17.2 Å². The van der Waals surface area contributed by atoms with E-state index >= 15 is 0 Å². The van der Waals surface area contributed by atoms with Crippen molar-refractivity contribution in [3.63, 3.8) is 0 Å². The van der Waals surface area contributed by atoms with Crippen LogP contribution in [0.2, 0.25) is 0 Å². The summed E-state index contributed by atoms with van der Waals surface area (Å²) in [5, 5.41) is 0. The fraction of sp³-hybridized carbons (Fsp3) is 0.452. The molecule has 40 heavy (non-hydrogen) atoms. The van der Waals surface area contributed by atoms with Crippen molar-refractivity contribution in [2.75, 3.05) is 26.9 Å². The number of Topliss-reactive ketones (excluding diaryl/α,β-unsaturated/α-hetero) is 1. The number of hydrogen-bond acceptors (Lipinski definition) is 7. The summed E-state index contributed by atoms with van der Waals surface area (Å²) in [6.07, 6.45) is 2.75. The summed E-state index contributed by atoms with van der Waals surface area (Å²) in [7, 11) is 3.18. The summed E-state index contributed by atoms with van der Waals surface area (Å²) in [5.74, 6) is 2.56. The smallest absolute Gasteiger partial charge is 0.330 e. The van der Waals surface area contributed by atoms with E-state index in [1.165, 1.54) is 22.4 Å². The molecule has 1 aromatic heterocycles. The van der Waals surface area contributed by atoms with Crippen LogP contribution in [0, 0.1) is 5.92 Å². The molecule has 1 unspecified atom stereocenters. The number of aryl methyl sites for hydroxylation is 1. The van der Waals surface area contributed by atoms with Gasteiger partial charge in [0, 0.05) is 51.3 Å². The maximum absolute atomic E-state index is 12.4. The topological polar surface area (TPSA) is 92.0 Å². The number of carbonyl (C=O) groups excluding carboxylic acids is 1. The van der Waals surface area contributed by atoms with E-state index in [1.807, 2.05) is 24.3 Å². The van der Waals surface area contributed by atoms with Crippen LogP contribution in [-0.2, 0) is 31.4 Å². The van der Waals surface area contributed by atoms with Gasteiger partial charge in [-0.25, -0.2) is 4.79 Å². The molecule has 9 nitrogen and oxygen atoms in total. The Morgan fingerprint density at radius 1 is 1.10 bits per heavy atom. The molecule has 1 atom stereocenters. The molecule has 0 fully saturated rings. The molecular formula is C31H39N3O6. The first-order valence-corrected chi connectivity index (χ1v) is 13.7. The summed E-state index contributed by atoms with van der Waals surface area (Å²) in [6.45, 7) is 8.39. The van der Waals surface area contributed by atoms with Gasteiger partial charge in [0.15, 0.2) is 11.5 Å². The van der Waals surface area contributed by atoms with Gasteiger partial charge in [-0.2, -0.15) is 0 Å². The number of rotatable bonds is 13. The average Bonchev–Trinajstić information content (AvgIpc) is 3.39. The molecule has 0 bridgehead atoms. The van der Waals surface area contributed by atoms with Gasteiger partial charge in [0.2, 0.25) is 0 Å². The van der Waals surface area contributed by atoms with Crippen molar-refractivity contribution in [2.24, 2.45) is 13.0 Å². The molecule has 1 aliphatic heterocycles. The zero-order valence-corrected chi connectivity index (χ0v) is 24.0. The molecule has 9 heteroatoms. The minimum absolute atomic E-state index is 0.0699. The molecule has 2 heterocycles. The number of carbonyl (C=O) groups is 1. The molecule has 0 N–H and O–H groups in total. The van der Waals surface area contributed by atoms with E-state index in [-0.39, 0.29) is 36.2 Å². The van der Waals surface area contributed by atoms with Crippen LogP contribution in [-0.4, -0.2) is 46.7 Å². The fourth-order valence-corrected chi connectivity index (χ4v) is 5.15. The van der Waals surface area contributed by atoms with E-state index in [2.05, 4.69) is 30.9 Å². The fourth-order valence-electron chi connectivity index (χ4n) is 5.15. The number of ketones is 1. The lowest BCUT2D eigenvalue weighted by Crippen LogP contribution is -2.39. The van der Waals surface area contributed by atoms with E-state index < -0.39 is 0 Å². The molecule has 0 spiro atoms. The molecule has 0 aliphatic carbocycles. The number of hydrogen-bond donors (Lipinski definition) is 0. The first-order chi connectivity index (χ1) is 19.2. The molecule has 2 aromatic carbocycles. The summed E-state index contributed by atoms with van der Waals surface area (Å²) in [4.78, 5) is 39.1. The van der Waals surface area contributed by atoms with Gasteiger partial charge in [0.1, 0.15) is 18.1 Å². The van der Waals surface area contributed by atoms with Crippen LogP contribution >= 0.6 is 0 Å². The molecular weight excluding hydrogens is 510 g/mol. The van der Waals surface area contributed by atoms with Crippen molar-refractivity contribution in [2.45, 2.75) is 52.7 Å². The van der Waals surface area contributed by atoms with Crippen LogP contribution in [0.15, 0.2) is 58.3 Å². The third-order valence-electron chi connectivity index (χ3n) is 7.05. The highest BCUT2D eigenvalue weighted by molar-refractivity contribution is 5.76. The maximum atomic E-state index is 12.4. The number of fused-ring (bicyclic) bond motifs is 1. The third-order valence-corrected chi connectivity index (χ3v) is 7.05. The summed E-state index contributed by atoms with van der Waals surface area (Å²) >= 11 is 0. The van der Waals surface area contributed by atoms with Crippen LogP contribution in [0.3, 0.4) is 0 Å². The predicted octanol–water partition coefficient (Wildman–Crippen LogP) is 3.75. The molecule has 4 rings (SSSR count). The van der Waals surface area contributed by atoms with Crippen molar-refractivity contribution in [3.05, 3.63) is 86.2 Å². The van der Waals surface area contributed by atoms with Gasteiger partial charge >= 0.3 is 5.69 Å². The van der Waals surface area contributed by atoms with E-state index in [1.54, 1.807) is 21.1 Å². The number of benzene rings is 2. The molecule has 0 radical (unpaired) electrons. The van der Waals surface area contributed by atoms with Gasteiger partial charge in [-0.3, -0.25) is 19.1 Å². The van der Waals surface area contributed by atoms with E-state index in [4.69, 9.17) is 14.2 Å². The summed E-state index contributed by atoms with van der Waals surface area (Å²) in [5.41, 5.74) is 2.58. The van der Waals surface area contributed by atoms with Gasteiger partial charge in [-0.1, -0.05) is 32.0 Å². The Balaban J connectivity index is 1.54. The lowest BCUT2D eigenvalue weighted by atomic mass is 9.96. The van der Waals surface area contributed by atoms with Crippen molar-refractivity contribution in [1.82, 2.24) is 14.0 Å². The number of nitrogens with zero attached hydrogens (tertiary/aromatic N) is 3. The zero-order valence-electron chi connectivity index (χ0n) is 24.0. The molecule has 0 amide bonds. The van der Waals surface area contributed by atoms with Crippen LogP contribution in [0.1, 0.15) is 49.9 Å². The summed E-state index contributed by atoms with van der Waals surface area (Å²) < 4.78 is 19.8. The third kappa shape index (κ3) is 7.01. The Labute approximate surface area is 234 Å². The molecule has 1 aliphatic rings. The lowest BCUT2D eigenvalue weighted by Gasteiger charge is -2.33. The van der Waals surface area contributed by atoms with Crippen molar-refractivity contribution in [1.29, 1.82) is 0 Å². The molecule has 214 valence electrons. The standard InChI is InChI=1S/C31H39N3O6/c1-21(2)19-33(26(16-22(3)35)24-7-9-27-25(18-24)11-14-39-27)20-23-6-8-28(29(17-23)38-5)40-15-13-34-30(36)10-12-32(4)31(34)37/h6-10,12,17-18,21,26H,11,13-16,19-20H2,1-5H3. The van der Waals surface area contributed by atoms with Gasteiger partial charge in [0.25, 0.3) is 5.56 Å². The summed E-state index contributed by atoms with van der Waals surface area (Å²) in [6, 6.07) is 13.3. The molecule has 3 aromatic rings. The molecule has 0 saturated carbocycles. The Hall–Kier alpha value is -3.85. The average molecular weight is 550 g/mol. The highest BCUT2D eigenvalue weighted by Crippen LogP contribution is 2.34. The Kier molecular flexibility index (Phi) is 9.47. The van der Waals surface area contributed by atoms with Crippen molar-refractivity contribution < 1.29 is 19.0 Å². The molecule has 0 saturated heterocycles. The minimum atomic E-state index is -0.389. The number of methoxy groups -OCH3 is 1. The Morgan fingerprint density at radius 3 is 2.62 bits per heavy atom. The first kappa shape index (κ1) is 29.1. The van der Waals surface area contributed by atoms with Crippen LogP contribution in [0.25, 0.3) is 0 Å². The van der Waals surface area contributed by atoms with E-state index in [0.717, 1.165) is 34.4 Å². The maximum Gasteiger partial charge on any atom is 0.330 e. The SMILES string of the molecule is COc1cc(CN(CC(C)C)C(CC(C)=O)c2ccc3c(c2)CCO3)ccc1OCCn1c(=O)ccn(C)c1=O. The first-order valence-electron chi connectivity index (χ1n) is 13.7. The van der Waals surface area contributed by atoms with Crippen LogP contribution in [0.4, 0.5) is 0 Å². The monoisotopic (exact) mass is 549 g/mol. The van der Waals surface area contributed by atoms with Gasteiger partial charge < -0.3 is 18.8 Å². The normalized spacial score (nSPS) is 13.3. The zero-order chi connectivity index (χ0) is 28.8. The Bertz CT molecular complexity index is 1460. The Morgan fingerprint density at radius 2 is 1.90 bits per heavy atom. The second-order valence-electron chi connectivity index (χ2n) is 10.7. The van der Waals surface area contributed by atoms with E-state index in [0.29, 0.717) is 37.0 Å². The second-order valence-corrected chi connectivity index (χ2v) is 10.7. The highest BCUT2D eigenvalue weighted by Gasteiger charge is 2.25. The largest absolute Gasteiger partial charge is 0.493 e. The van der Waals surface area contributed by atoms with Gasteiger partial charge in [-0.05, 0) is 47.7 Å². The highest BCUT2D eigenvalue weighted by atomic mass is 16.5. The minimum Gasteiger partial charge on any atom is -0.493 e.